The average Bonchev–Trinajstić information content (AvgIpc) is 2.74. The Bertz CT molecular complexity index is 714. The first-order valence-corrected chi connectivity index (χ1v) is 8.52. The van der Waals surface area contributed by atoms with E-state index in [1.54, 1.807) is 0 Å². The van der Waals surface area contributed by atoms with E-state index in [4.69, 9.17) is 11.6 Å². The molecule has 23 heavy (non-hydrogen) atoms. The number of hydrogen-bond donors (Lipinski definition) is 0. The lowest BCUT2D eigenvalue weighted by molar-refractivity contribution is 0.217. The molecule has 1 fully saturated rings. The molecule has 0 aromatic heterocycles. The normalized spacial score (nSPS) is 20.7. The predicted octanol–water partition coefficient (Wildman–Crippen LogP) is 4.14. The molecule has 0 N–H and O–H groups in total. The summed E-state index contributed by atoms with van der Waals surface area (Å²) in [5, 5.41) is 0.752. The topological polar surface area (TPSA) is 18.8 Å². The van der Waals surface area contributed by atoms with Crippen molar-refractivity contribution < 1.29 is 0 Å². The molecule has 0 radical (unpaired) electrons. The summed E-state index contributed by atoms with van der Waals surface area (Å²) in [5.41, 5.74) is 3.60. The van der Waals surface area contributed by atoms with Gasteiger partial charge in [-0.25, -0.2) is 0 Å². The standard InChI is InChI=1S/C19H20ClN3/c20-16-6-7-19-18(12-16)21-9-8-17-14-22(10-11-23(17)19)13-15-4-2-1-3-5-15/h1-7,9,12,17H,8,10-11,13-14H2/t17-/m0/s1. The van der Waals surface area contributed by atoms with E-state index in [0.717, 1.165) is 43.3 Å². The van der Waals surface area contributed by atoms with E-state index in [1.165, 1.54) is 11.3 Å². The Morgan fingerprint density at radius 1 is 1.09 bits per heavy atom. The van der Waals surface area contributed by atoms with Crippen LogP contribution in [-0.2, 0) is 6.54 Å². The highest BCUT2D eigenvalue weighted by atomic mass is 35.5. The first kappa shape index (κ1) is 14.7. The van der Waals surface area contributed by atoms with Gasteiger partial charge in [-0.1, -0.05) is 41.9 Å². The van der Waals surface area contributed by atoms with Crippen LogP contribution in [0.25, 0.3) is 0 Å². The van der Waals surface area contributed by atoms with Gasteiger partial charge in [0.15, 0.2) is 0 Å². The fourth-order valence-electron chi connectivity index (χ4n) is 3.54. The molecular formula is C19H20ClN3. The lowest BCUT2D eigenvalue weighted by Gasteiger charge is -2.42. The van der Waals surface area contributed by atoms with E-state index >= 15 is 0 Å². The molecule has 3 nitrogen and oxygen atoms in total. The van der Waals surface area contributed by atoms with Crippen LogP contribution in [0.15, 0.2) is 53.5 Å². The third kappa shape index (κ3) is 3.12. The van der Waals surface area contributed by atoms with Gasteiger partial charge >= 0.3 is 0 Å². The molecule has 0 saturated carbocycles. The number of fused-ring (bicyclic) bond motifs is 3. The Morgan fingerprint density at radius 3 is 2.83 bits per heavy atom. The molecule has 0 spiro atoms. The third-order valence-electron chi connectivity index (χ3n) is 4.67. The van der Waals surface area contributed by atoms with Crippen molar-refractivity contribution in [3.05, 3.63) is 59.1 Å². The Labute approximate surface area is 142 Å². The quantitative estimate of drug-likeness (QED) is 0.826. The van der Waals surface area contributed by atoms with E-state index < -0.39 is 0 Å². The number of hydrogen-bond acceptors (Lipinski definition) is 3. The zero-order valence-corrected chi connectivity index (χ0v) is 13.8. The molecule has 0 unspecified atom stereocenters. The molecule has 0 amide bonds. The molecule has 2 aromatic rings. The summed E-state index contributed by atoms with van der Waals surface area (Å²) >= 11 is 6.12. The van der Waals surface area contributed by atoms with Crippen molar-refractivity contribution in [2.75, 3.05) is 24.5 Å². The second-order valence-corrected chi connectivity index (χ2v) is 6.68. The minimum absolute atomic E-state index is 0.485. The SMILES string of the molecule is Clc1ccc2c(c1)N=CC[C@H]1CN(Cc3ccccc3)CCN21. The first-order chi connectivity index (χ1) is 11.3. The van der Waals surface area contributed by atoms with Crippen LogP contribution in [0.5, 0.6) is 0 Å². The Balaban J connectivity index is 1.53. The third-order valence-corrected chi connectivity index (χ3v) is 4.91. The molecule has 2 heterocycles. The van der Waals surface area contributed by atoms with E-state index in [-0.39, 0.29) is 0 Å². The molecule has 0 aliphatic carbocycles. The van der Waals surface area contributed by atoms with Crippen LogP contribution in [-0.4, -0.2) is 36.8 Å². The van der Waals surface area contributed by atoms with Gasteiger partial charge in [-0.05, 0) is 23.8 Å². The van der Waals surface area contributed by atoms with E-state index in [1.807, 2.05) is 18.3 Å². The number of aliphatic imine (C=N–C) groups is 1. The summed E-state index contributed by atoms with van der Waals surface area (Å²) in [5.74, 6) is 0. The number of benzene rings is 2. The summed E-state index contributed by atoms with van der Waals surface area (Å²) in [6.45, 7) is 4.21. The number of nitrogens with zero attached hydrogens (tertiary/aromatic N) is 3. The molecule has 2 aromatic carbocycles. The molecule has 2 aliphatic heterocycles. The van der Waals surface area contributed by atoms with E-state index in [2.05, 4.69) is 51.2 Å². The molecule has 1 saturated heterocycles. The van der Waals surface area contributed by atoms with Gasteiger partial charge in [0.1, 0.15) is 0 Å². The predicted molar refractivity (Wildman–Crippen MR) is 97.1 cm³/mol. The number of piperazine rings is 1. The van der Waals surface area contributed by atoms with Crippen LogP contribution in [0.2, 0.25) is 5.02 Å². The maximum atomic E-state index is 6.12. The van der Waals surface area contributed by atoms with E-state index in [0.29, 0.717) is 6.04 Å². The average molecular weight is 326 g/mol. The Kier molecular flexibility index (Phi) is 4.06. The number of halogens is 1. The van der Waals surface area contributed by atoms with Crippen molar-refractivity contribution in [1.29, 1.82) is 0 Å². The minimum Gasteiger partial charge on any atom is -0.364 e. The lowest BCUT2D eigenvalue weighted by atomic mass is 10.1. The summed E-state index contributed by atoms with van der Waals surface area (Å²) in [4.78, 5) is 9.66. The summed E-state index contributed by atoms with van der Waals surface area (Å²) in [6, 6.07) is 17.2. The van der Waals surface area contributed by atoms with Crippen molar-refractivity contribution in [1.82, 2.24) is 4.90 Å². The maximum absolute atomic E-state index is 6.12. The second-order valence-electron chi connectivity index (χ2n) is 6.25. The van der Waals surface area contributed by atoms with Crippen LogP contribution in [0, 0.1) is 0 Å². The van der Waals surface area contributed by atoms with Crippen LogP contribution in [0.1, 0.15) is 12.0 Å². The van der Waals surface area contributed by atoms with Gasteiger partial charge in [0, 0.05) is 49.9 Å². The number of rotatable bonds is 2. The molecule has 1 atom stereocenters. The minimum atomic E-state index is 0.485. The van der Waals surface area contributed by atoms with Gasteiger partial charge in [-0.15, -0.1) is 0 Å². The highest BCUT2D eigenvalue weighted by molar-refractivity contribution is 6.31. The molecule has 2 aliphatic rings. The monoisotopic (exact) mass is 325 g/mol. The van der Waals surface area contributed by atoms with Crippen molar-refractivity contribution >= 4 is 29.2 Å². The summed E-state index contributed by atoms with van der Waals surface area (Å²) < 4.78 is 0. The van der Waals surface area contributed by atoms with E-state index in [9.17, 15) is 0 Å². The second kappa shape index (κ2) is 6.34. The van der Waals surface area contributed by atoms with Crippen molar-refractivity contribution in [2.24, 2.45) is 4.99 Å². The highest BCUT2D eigenvalue weighted by Gasteiger charge is 2.29. The van der Waals surface area contributed by atoms with Crippen molar-refractivity contribution in [3.8, 4) is 0 Å². The fraction of sp³-hybridized carbons (Fsp3) is 0.316. The smallest absolute Gasteiger partial charge is 0.0874 e. The zero-order valence-electron chi connectivity index (χ0n) is 13.0. The summed E-state index contributed by atoms with van der Waals surface area (Å²) in [6.07, 6.45) is 3.03. The molecule has 4 rings (SSSR count). The van der Waals surface area contributed by atoms with Gasteiger partial charge in [0.2, 0.25) is 0 Å². The van der Waals surface area contributed by atoms with Crippen LogP contribution >= 0.6 is 11.6 Å². The zero-order chi connectivity index (χ0) is 15.6. The van der Waals surface area contributed by atoms with Crippen molar-refractivity contribution in [3.63, 3.8) is 0 Å². The van der Waals surface area contributed by atoms with Crippen LogP contribution in [0.3, 0.4) is 0 Å². The molecule has 4 heteroatoms. The maximum Gasteiger partial charge on any atom is 0.0874 e. The lowest BCUT2D eigenvalue weighted by Crippen LogP contribution is -2.52. The Morgan fingerprint density at radius 2 is 1.96 bits per heavy atom. The van der Waals surface area contributed by atoms with Gasteiger partial charge < -0.3 is 4.90 Å². The Hall–Kier alpha value is -1.84. The van der Waals surface area contributed by atoms with Crippen LogP contribution in [0.4, 0.5) is 11.4 Å². The number of anilines is 1. The van der Waals surface area contributed by atoms with Gasteiger partial charge in [-0.2, -0.15) is 0 Å². The summed E-state index contributed by atoms with van der Waals surface area (Å²) in [7, 11) is 0. The first-order valence-electron chi connectivity index (χ1n) is 8.14. The highest BCUT2D eigenvalue weighted by Crippen LogP contribution is 2.36. The largest absolute Gasteiger partial charge is 0.364 e. The van der Waals surface area contributed by atoms with Gasteiger partial charge in [0.25, 0.3) is 0 Å². The molecule has 0 bridgehead atoms. The molecular weight excluding hydrogens is 306 g/mol. The van der Waals surface area contributed by atoms with Gasteiger partial charge in [0.05, 0.1) is 11.4 Å². The molecule has 118 valence electrons. The fourth-order valence-corrected chi connectivity index (χ4v) is 3.71. The van der Waals surface area contributed by atoms with Crippen molar-refractivity contribution in [2.45, 2.75) is 19.0 Å². The van der Waals surface area contributed by atoms with Gasteiger partial charge in [-0.3, -0.25) is 9.89 Å². The van der Waals surface area contributed by atoms with Crippen LogP contribution < -0.4 is 4.90 Å².